The van der Waals surface area contributed by atoms with Crippen LogP contribution in [0.5, 0.6) is 0 Å². The third-order valence-corrected chi connectivity index (χ3v) is 3.67. The molecule has 0 saturated heterocycles. The molecule has 0 radical (unpaired) electrons. The lowest BCUT2D eigenvalue weighted by Crippen LogP contribution is -2.16. The van der Waals surface area contributed by atoms with Crippen LogP contribution in [0.25, 0.3) is 16.8 Å². The Morgan fingerprint density at radius 1 is 1.30 bits per heavy atom. The topological polar surface area (TPSA) is 65.3 Å². The number of rotatable bonds is 1. The van der Waals surface area contributed by atoms with Gasteiger partial charge in [-0.3, -0.25) is 4.79 Å². The molecule has 0 aliphatic carbocycles. The minimum atomic E-state index is -0.153. The third-order valence-electron chi connectivity index (χ3n) is 3.35. The fraction of sp³-hybridized carbons (Fsp3) is 0.143. The van der Waals surface area contributed by atoms with E-state index in [1.807, 2.05) is 19.1 Å². The first kappa shape index (κ1) is 12.7. The molecule has 0 unspecified atom stereocenters. The molecule has 3 rings (SSSR count). The molecule has 0 atom stereocenters. The number of aryl methyl sites for hydroxylation is 2. The number of aromatic nitrogens is 3. The van der Waals surface area contributed by atoms with Crippen molar-refractivity contribution in [3.8, 4) is 11.1 Å². The van der Waals surface area contributed by atoms with Crippen LogP contribution >= 0.6 is 11.6 Å². The van der Waals surface area contributed by atoms with Crippen molar-refractivity contribution in [3.63, 3.8) is 0 Å². The van der Waals surface area contributed by atoms with Gasteiger partial charge in [0.2, 0.25) is 0 Å². The van der Waals surface area contributed by atoms with Gasteiger partial charge in [-0.25, -0.2) is 14.2 Å². The van der Waals surface area contributed by atoms with E-state index in [1.54, 1.807) is 23.8 Å². The maximum atomic E-state index is 12.5. The molecule has 2 heterocycles. The minimum Gasteiger partial charge on any atom is -0.396 e. The maximum Gasteiger partial charge on any atom is 0.276 e. The van der Waals surface area contributed by atoms with Gasteiger partial charge in [0.1, 0.15) is 0 Å². The number of anilines is 1. The van der Waals surface area contributed by atoms with Crippen molar-refractivity contribution in [2.24, 2.45) is 7.05 Å². The average Bonchev–Trinajstić information content (AvgIpc) is 2.64. The zero-order valence-electron chi connectivity index (χ0n) is 11.1. The SMILES string of the molecule is Cc1cccc(Cl)c1-c1c(=O)n(C)n2cc(N)cnc12. The Kier molecular flexibility index (Phi) is 2.79. The number of nitrogens with zero attached hydrogens (tertiary/aromatic N) is 3. The first-order valence-corrected chi connectivity index (χ1v) is 6.47. The number of fused-ring (bicyclic) bond motifs is 1. The van der Waals surface area contributed by atoms with E-state index in [4.69, 9.17) is 17.3 Å². The summed E-state index contributed by atoms with van der Waals surface area (Å²) in [6.45, 7) is 1.92. The molecule has 1 aromatic carbocycles. The zero-order valence-corrected chi connectivity index (χ0v) is 11.8. The lowest BCUT2D eigenvalue weighted by Gasteiger charge is -2.05. The molecule has 0 aliphatic rings. The van der Waals surface area contributed by atoms with Gasteiger partial charge in [0, 0.05) is 17.6 Å². The summed E-state index contributed by atoms with van der Waals surface area (Å²) < 4.78 is 3.10. The van der Waals surface area contributed by atoms with Crippen molar-refractivity contribution in [1.29, 1.82) is 0 Å². The van der Waals surface area contributed by atoms with Crippen LogP contribution < -0.4 is 11.3 Å². The molecule has 2 N–H and O–H groups in total. The molecule has 0 bridgehead atoms. The predicted molar refractivity (Wildman–Crippen MR) is 80.0 cm³/mol. The van der Waals surface area contributed by atoms with Crippen LogP contribution in [0.15, 0.2) is 35.4 Å². The van der Waals surface area contributed by atoms with Gasteiger partial charge in [0.05, 0.1) is 23.6 Å². The van der Waals surface area contributed by atoms with E-state index in [0.29, 0.717) is 21.9 Å². The van der Waals surface area contributed by atoms with Crippen molar-refractivity contribution in [1.82, 2.24) is 14.2 Å². The first-order chi connectivity index (χ1) is 9.50. The molecule has 0 saturated carbocycles. The molecule has 20 heavy (non-hydrogen) atoms. The monoisotopic (exact) mass is 288 g/mol. The highest BCUT2D eigenvalue weighted by atomic mass is 35.5. The van der Waals surface area contributed by atoms with Crippen LogP contribution in [0.4, 0.5) is 5.69 Å². The number of hydrogen-bond donors (Lipinski definition) is 1. The van der Waals surface area contributed by atoms with Crippen LogP contribution in [0.1, 0.15) is 5.56 Å². The van der Waals surface area contributed by atoms with E-state index >= 15 is 0 Å². The van der Waals surface area contributed by atoms with Gasteiger partial charge in [-0.2, -0.15) is 0 Å². The van der Waals surface area contributed by atoms with Crippen molar-refractivity contribution < 1.29 is 0 Å². The maximum absolute atomic E-state index is 12.5. The van der Waals surface area contributed by atoms with E-state index < -0.39 is 0 Å². The highest BCUT2D eigenvalue weighted by Gasteiger charge is 2.19. The fourth-order valence-electron chi connectivity index (χ4n) is 2.36. The van der Waals surface area contributed by atoms with Crippen LogP contribution in [-0.4, -0.2) is 14.2 Å². The smallest absolute Gasteiger partial charge is 0.276 e. The van der Waals surface area contributed by atoms with Gasteiger partial charge in [-0.15, -0.1) is 0 Å². The Hall–Kier alpha value is -2.27. The summed E-state index contributed by atoms with van der Waals surface area (Å²) in [5.74, 6) is 0. The zero-order chi connectivity index (χ0) is 14.4. The minimum absolute atomic E-state index is 0.153. The summed E-state index contributed by atoms with van der Waals surface area (Å²) in [6.07, 6.45) is 3.20. The van der Waals surface area contributed by atoms with Crippen molar-refractivity contribution in [3.05, 3.63) is 51.5 Å². The number of benzene rings is 1. The van der Waals surface area contributed by atoms with Crippen LogP contribution in [0.2, 0.25) is 5.02 Å². The third kappa shape index (κ3) is 1.71. The van der Waals surface area contributed by atoms with E-state index in [2.05, 4.69) is 4.98 Å². The number of hydrogen-bond acceptors (Lipinski definition) is 3. The number of nitrogens with two attached hydrogens (primary N) is 1. The van der Waals surface area contributed by atoms with Gasteiger partial charge >= 0.3 is 0 Å². The molecule has 0 amide bonds. The molecular formula is C14H13ClN4O. The molecule has 2 aromatic heterocycles. The Balaban J connectivity index is 2.49. The largest absolute Gasteiger partial charge is 0.396 e. The number of nitrogen functional groups attached to an aromatic ring is 1. The second-order valence-corrected chi connectivity index (χ2v) is 5.10. The summed E-state index contributed by atoms with van der Waals surface area (Å²) in [5.41, 5.74) is 8.75. The standard InChI is InChI=1S/C14H13ClN4O/c1-8-4-3-5-10(15)11(8)12-13-17-6-9(16)7-19(13)18(2)14(12)20/h3-7H,16H2,1-2H3. The molecule has 5 nitrogen and oxygen atoms in total. The summed E-state index contributed by atoms with van der Waals surface area (Å²) in [7, 11) is 1.67. The molecule has 6 heteroatoms. The molecule has 102 valence electrons. The summed E-state index contributed by atoms with van der Waals surface area (Å²) in [6, 6.07) is 5.54. The van der Waals surface area contributed by atoms with Gasteiger partial charge in [0.25, 0.3) is 5.56 Å². The second-order valence-electron chi connectivity index (χ2n) is 4.69. The Morgan fingerprint density at radius 2 is 2.05 bits per heavy atom. The van der Waals surface area contributed by atoms with E-state index in [1.165, 1.54) is 10.9 Å². The van der Waals surface area contributed by atoms with E-state index in [0.717, 1.165) is 11.1 Å². The van der Waals surface area contributed by atoms with Gasteiger partial charge in [-0.1, -0.05) is 23.7 Å². The molecule has 3 aromatic rings. The van der Waals surface area contributed by atoms with Gasteiger partial charge in [-0.05, 0) is 18.6 Å². The molecule has 0 fully saturated rings. The first-order valence-electron chi connectivity index (χ1n) is 6.09. The highest BCUT2D eigenvalue weighted by molar-refractivity contribution is 6.33. The van der Waals surface area contributed by atoms with Crippen LogP contribution in [0.3, 0.4) is 0 Å². The summed E-state index contributed by atoms with van der Waals surface area (Å²) >= 11 is 6.27. The lowest BCUT2D eigenvalue weighted by atomic mass is 10.0. The Labute approximate surface area is 120 Å². The Morgan fingerprint density at radius 3 is 2.75 bits per heavy atom. The highest BCUT2D eigenvalue weighted by Crippen LogP contribution is 2.31. The average molecular weight is 289 g/mol. The fourth-order valence-corrected chi connectivity index (χ4v) is 2.68. The van der Waals surface area contributed by atoms with Gasteiger partial charge in [0.15, 0.2) is 5.65 Å². The van der Waals surface area contributed by atoms with Crippen LogP contribution in [-0.2, 0) is 7.05 Å². The summed E-state index contributed by atoms with van der Waals surface area (Å²) in [5, 5.41) is 0.536. The predicted octanol–water partition coefficient (Wildman–Crippen LogP) is 2.24. The van der Waals surface area contributed by atoms with Crippen molar-refractivity contribution in [2.75, 3.05) is 5.73 Å². The molecule has 0 spiro atoms. The normalized spacial score (nSPS) is 11.2. The van der Waals surface area contributed by atoms with E-state index in [-0.39, 0.29) is 5.56 Å². The van der Waals surface area contributed by atoms with Gasteiger partial charge < -0.3 is 5.73 Å². The second kappa shape index (κ2) is 4.38. The van der Waals surface area contributed by atoms with Crippen molar-refractivity contribution >= 4 is 22.9 Å². The van der Waals surface area contributed by atoms with Crippen molar-refractivity contribution in [2.45, 2.75) is 6.92 Å². The van der Waals surface area contributed by atoms with Crippen LogP contribution in [0, 0.1) is 6.92 Å². The molecular weight excluding hydrogens is 276 g/mol. The summed E-state index contributed by atoms with van der Waals surface area (Å²) in [4.78, 5) is 16.8. The lowest BCUT2D eigenvalue weighted by molar-refractivity contribution is 0.677. The van der Waals surface area contributed by atoms with E-state index in [9.17, 15) is 4.79 Å². The quantitative estimate of drug-likeness (QED) is 0.747. The molecule has 0 aliphatic heterocycles. The number of halogens is 1. The Bertz CT molecular complexity index is 858.